The monoisotopic (exact) mass is 248 g/mol. The molecule has 0 aliphatic heterocycles. The van der Waals surface area contributed by atoms with E-state index in [4.69, 9.17) is 5.73 Å². The van der Waals surface area contributed by atoms with Gasteiger partial charge >= 0.3 is 0 Å². The van der Waals surface area contributed by atoms with Crippen LogP contribution in [-0.2, 0) is 7.05 Å². The zero-order chi connectivity index (χ0) is 13.4. The van der Waals surface area contributed by atoms with Crippen molar-refractivity contribution < 1.29 is 4.79 Å². The van der Waals surface area contributed by atoms with E-state index in [-0.39, 0.29) is 5.91 Å². The molecule has 2 aromatic heterocycles. The third kappa shape index (κ3) is 1.83. The Bertz CT molecular complexity index is 595. The van der Waals surface area contributed by atoms with Crippen LogP contribution in [0.4, 0.5) is 5.69 Å². The first-order valence-electron chi connectivity index (χ1n) is 5.48. The number of amides is 1. The minimum atomic E-state index is -0.147. The minimum absolute atomic E-state index is 0.147. The van der Waals surface area contributed by atoms with Gasteiger partial charge in [-0.2, -0.15) is 10.2 Å². The summed E-state index contributed by atoms with van der Waals surface area (Å²) in [5.41, 5.74) is 7.61. The Kier molecular flexibility index (Phi) is 2.82. The molecule has 2 heterocycles. The van der Waals surface area contributed by atoms with Crippen molar-refractivity contribution in [1.29, 1.82) is 0 Å². The maximum atomic E-state index is 11.8. The molecular formula is C11H16N6O. The Morgan fingerprint density at radius 1 is 1.39 bits per heavy atom. The summed E-state index contributed by atoms with van der Waals surface area (Å²) in [4.78, 5) is 13.2. The summed E-state index contributed by atoms with van der Waals surface area (Å²) in [6.45, 7) is 1.83. The van der Waals surface area contributed by atoms with E-state index in [1.165, 1.54) is 4.90 Å². The molecule has 0 saturated heterocycles. The third-order valence-corrected chi connectivity index (χ3v) is 2.67. The van der Waals surface area contributed by atoms with E-state index in [9.17, 15) is 4.79 Å². The molecule has 96 valence electrons. The summed E-state index contributed by atoms with van der Waals surface area (Å²) in [6, 6.07) is 1.66. The smallest absolute Gasteiger partial charge is 0.273 e. The number of nitrogen functional groups attached to an aromatic ring is 1. The van der Waals surface area contributed by atoms with Crippen molar-refractivity contribution in [3.05, 3.63) is 23.7 Å². The number of rotatable bonds is 2. The zero-order valence-electron chi connectivity index (χ0n) is 10.9. The summed E-state index contributed by atoms with van der Waals surface area (Å²) < 4.78 is 3.20. The second kappa shape index (κ2) is 4.17. The van der Waals surface area contributed by atoms with Crippen molar-refractivity contribution in [3.63, 3.8) is 0 Å². The Balaban J connectivity index is 2.44. The van der Waals surface area contributed by atoms with Gasteiger partial charge in [-0.3, -0.25) is 4.79 Å². The van der Waals surface area contributed by atoms with E-state index in [0.717, 1.165) is 5.69 Å². The first kappa shape index (κ1) is 12.2. The lowest BCUT2D eigenvalue weighted by atomic mass is 10.4. The lowest BCUT2D eigenvalue weighted by molar-refractivity contribution is 0.0821. The predicted octanol–water partition coefficient (Wildman–Crippen LogP) is 0.198. The van der Waals surface area contributed by atoms with Crippen molar-refractivity contribution in [3.8, 4) is 5.82 Å². The van der Waals surface area contributed by atoms with Crippen molar-refractivity contribution in [2.45, 2.75) is 6.92 Å². The number of carbonyl (C=O) groups is 1. The first-order chi connectivity index (χ1) is 8.41. The molecule has 0 spiro atoms. The van der Waals surface area contributed by atoms with Crippen LogP contribution in [0.15, 0.2) is 12.3 Å². The number of hydrogen-bond acceptors (Lipinski definition) is 4. The van der Waals surface area contributed by atoms with Crippen LogP contribution >= 0.6 is 0 Å². The summed E-state index contributed by atoms with van der Waals surface area (Å²) in [7, 11) is 5.15. The molecular weight excluding hydrogens is 232 g/mol. The minimum Gasteiger partial charge on any atom is -0.394 e. The Hall–Kier alpha value is -2.31. The van der Waals surface area contributed by atoms with Crippen LogP contribution in [0.2, 0.25) is 0 Å². The summed E-state index contributed by atoms with van der Waals surface area (Å²) in [5.74, 6) is 0.511. The third-order valence-electron chi connectivity index (χ3n) is 2.67. The second-order valence-electron chi connectivity index (χ2n) is 4.29. The number of aromatic nitrogens is 4. The standard InChI is InChI=1S/C11H16N6O/c1-7-9(12)10(16(4)13-7)17-6-5-8(14-17)11(18)15(2)3/h5-6H,12H2,1-4H3. The molecule has 2 N–H and O–H groups in total. The van der Waals surface area contributed by atoms with Gasteiger partial charge in [0.05, 0.1) is 11.4 Å². The molecule has 0 bridgehead atoms. The fourth-order valence-corrected chi connectivity index (χ4v) is 1.72. The van der Waals surface area contributed by atoms with Gasteiger partial charge in [0, 0.05) is 27.3 Å². The largest absolute Gasteiger partial charge is 0.394 e. The average Bonchev–Trinajstić information content (AvgIpc) is 2.84. The molecule has 7 nitrogen and oxygen atoms in total. The van der Waals surface area contributed by atoms with E-state index in [1.54, 1.807) is 42.8 Å². The Labute approximate surface area is 105 Å². The lowest BCUT2D eigenvalue weighted by Gasteiger charge is -2.07. The fourth-order valence-electron chi connectivity index (χ4n) is 1.72. The van der Waals surface area contributed by atoms with E-state index in [0.29, 0.717) is 17.2 Å². The Morgan fingerprint density at radius 2 is 2.06 bits per heavy atom. The molecule has 2 rings (SSSR count). The first-order valence-corrected chi connectivity index (χ1v) is 5.48. The van der Waals surface area contributed by atoms with Crippen LogP contribution in [0.3, 0.4) is 0 Å². The van der Waals surface area contributed by atoms with Gasteiger partial charge in [0.15, 0.2) is 11.5 Å². The molecule has 7 heteroatoms. The van der Waals surface area contributed by atoms with E-state index in [1.807, 2.05) is 6.92 Å². The van der Waals surface area contributed by atoms with Gasteiger partial charge in [0.25, 0.3) is 5.91 Å². The number of aryl methyl sites for hydroxylation is 2. The lowest BCUT2D eigenvalue weighted by Crippen LogP contribution is -2.22. The maximum Gasteiger partial charge on any atom is 0.273 e. The highest BCUT2D eigenvalue weighted by Crippen LogP contribution is 2.19. The molecule has 18 heavy (non-hydrogen) atoms. The maximum absolute atomic E-state index is 11.8. The summed E-state index contributed by atoms with van der Waals surface area (Å²) in [5, 5.41) is 8.43. The van der Waals surface area contributed by atoms with Crippen LogP contribution in [0.25, 0.3) is 5.82 Å². The summed E-state index contributed by atoms with van der Waals surface area (Å²) >= 11 is 0. The molecule has 1 amide bonds. The predicted molar refractivity (Wildman–Crippen MR) is 67.5 cm³/mol. The molecule has 0 aliphatic rings. The molecule has 0 fully saturated rings. The van der Waals surface area contributed by atoms with E-state index in [2.05, 4.69) is 10.2 Å². The summed E-state index contributed by atoms with van der Waals surface area (Å²) in [6.07, 6.45) is 1.70. The topological polar surface area (TPSA) is 82.0 Å². The van der Waals surface area contributed by atoms with Crippen LogP contribution < -0.4 is 5.73 Å². The van der Waals surface area contributed by atoms with Gasteiger partial charge in [0.1, 0.15) is 0 Å². The number of anilines is 1. The van der Waals surface area contributed by atoms with Gasteiger partial charge < -0.3 is 10.6 Å². The van der Waals surface area contributed by atoms with Gasteiger partial charge in [0.2, 0.25) is 0 Å². The number of hydrogen-bond donors (Lipinski definition) is 1. The molecule has 0 atom stereocenters. The molecule has 2 aromatic rings. The average molecular weight is 248 g/mol. The highest BCUT2D eigenvalue weighted by atomic mass is 16.2. The molecule has 0 saturated carbocycles. The normalized spacial score (nSPS) is 10.7. The number of nitrogens with zero attached hydrogens (tertiary/aromatic N) is 5. The second-order valence-corrected chi connectivity index (χ2v) is 4.29. The number of carbonyl (C=O) groups excluding carboxylic acids is 1. The molecule has 0 radical (unpaired) electrons. The van der Waals surface area contributed by atoms with Crippen molar-refractivity contribution in [1.82, 2.24) is 24.5 Å². The van der Waals surface area contributed by atoms with Crippen LogP contribution in [-0.4, -0.2) is 44.5 Å². The molecule has 0 aromatic carbocycles. The van der Waals surface area contributed by atoms with E-state index < -0.39 is 0 Å². The highest BCUT2D eigenvalue weighted by Gasteiger charge is 2.16. The molecule has 0 unspecified atom stereocenters. The van der Waals surface area contributed by atoms with Crippen molar-refractivity contribution in [2.24, 2.45) is 7.05 Å². The van der Waals surface area contributed by atoms with Gasteiger partial charge in [-0.05, 0) is 13.0 Å². The quantitative estimate of drug-likeness (QED) is 0.823. The van der Waals surface area contributed by atoms with Crippen molar-refractivity contribution in [2.75, 3.05) is 19.8 Å². The van der Waals surface area contributed by atoms with Crippen LogP contribution in [0, 0.1) is 6.92 Å². The number of nitrogens with two attached hydrogens (primary N) is 1. The Morgan fingerprint density at radius 3 is 2.56 bits per heavy atom. The van der Waals surface area contributed by atoms with Crippen molar-refractivity contribution >= 4 is 11.6 Å². The SMILES string of the molecule is Cc1nn(C)c(-n2ccc(C(=O)N(C)C)n2)c1N. The van der Waals surface area contributed by atoms with E-state index >= 15 is 0 Å². The zero-order valence-corrected chi connectivity index (χ0v) is 10.9. The fraction of sp³-hybridized carbons (Fsp3) is 0.364. The van der Waals surface area contributed by atoms with Gasteiger partial charge in [-0.15, -0.1) is 0 Å². The molecule has 0 aliphatic carbocycles. The van der Waals surface area contributed by atoms with Gasteiger partial charge in [-0.25, -0.2) is 9.36 Å². The van der Waals surface area contributed by atoms with Crippen LogP contribution in [0.1, 0.15) is 16.2 Å². The van der Waals surface area contributed by atoms with Gasteiger partial charge in [-0.1, -0.05) is 0 Å². The highest BCUT2D eigenvalue weighted by molar-refractivity contribution is 5.91. The van der Waals surface area contributed by atoms with Crippen LogP contribution in [0.5, 0.6) is 0 Å².